The summed E-state index contributed by atoms with van der Waals surface area (Å²) < 4.78 is 34.9. The summed E-state index contributed by atoms with van der Waals surface area (Å²) in [5.74, 6) is 0. The van der Waals surface area contributed by atoms with Gasteiger partial charge in [-0.25, -0.2) is 5.43 Å². The standard InChI is InChI=1S/C4H6F3N2/c5-4(6,7)3-1-2-8-9-3/h2-3,8-9H,1H2. The second kappa shape index (κ2) is 2.15. The molecule has 2 N–H and O–H groups in total. The van der Waals surface area contributed by atoms with Crippen molar-refractivity contribution >= 4 is 0 Å². The van der Waals surface area contributed by atoms with Crippen molar-refractivity contribution in [3.8, 4) is 0 Å². The van der Waals surface area contributed by atoms with Gasteiger partial charge < -0.3 is 0 Å². The minimum Gasteiger partial charge on any atom is -0.253 e. The smallest absolute Gasteiger partial charge is 0.253 e. The van der Waals surface area contributed by atoms with Crippen molar-refractivity contribution in [3.63, 3.8) is 0 Å². The molecule has 2 nitrogen and oxygen atoms in total. The first-order valence-corrected chi connectivity index (χ1v) is 2.50. The predicted octanol–water partition coefficient (Wildman–Crippen LogP) is 0.577. The van der Waals surface area contributed by atoms with Crippen LogP contribution in [-0.2, 0) is 0 Å². The third-order valence-electron chi connectivity index (χ3n) is 1.11. The van der Waals surface area contributed by atoms with Crippen molar-refractivity contribution in [1.82, 2.24) is 10.9 Å². The van der Waals surface area contributed by atoms with Gasteiger partial charge in [0.05, 0.1) is 0 Å². The van der Waals surface area contributed by atoms with Gasteiger partial charge in [-0.15, -0.1) is 0 Å². The van der Waals surface area contributed by atoms with E-state index in [0.29, 0.717) is 0 Å². The van der Waals surface area contributed by atoms with Crippen LogP contribution in [0.4, 0.5) is 13.2 Å². The van der Waals surface area contributed by atoms with Gasteiger partial charge in [0.2, 0.25) is 0 Å². The molecule has 1 radical (unpaired) electrons. The lowest BCUT2D eigenvalue weighted by atomic mass is 10.2. The maximum Gasteiger partial charge on any atom is 0.405 e. The van der Waals surface area contributed by atoms with Crippen LogP contribution >= 0.6 is 0 Å². The molecule has 0 aliphatic carbocycles. The highest BCUT2D eigenvalue weighted by atomic mass is 19.4. The van der Waals surface area contributed by atoms with Crippen LogP contribution in [0.2, 0.25) is 0 Å². The maximum atomic E-state index is 11.6. The molecule has 0 bridgehead atoms. The molecule has 1 atom stereocenters. The number of rotatable bonds is 0. The summed E-state index contributed by atoms with van der Waals surface area (Å²) in [6, 6.07) is -1.41. The largest absolute Gasteiger partial charge is 0.405 e. The summed E-state index contributed by atoms with van der Waals surface area (Å²) in [4.78, 5) is 0. The van der Waals surface area contributed by atoms with Crippen molar-refractivity contribution < 1.29 is 13.2 Å². The zero-order valence-corrected chi connectivity index (χ0v) is 4.50. The zero-order valence-electron chi connectivity index (χ0n) is 4.50. The molecule has 9 heavy (non-hydrogen) atoms. The molecule has 0 aromatic carbocycles. The van der Waals surface area contributed by atoms with E-state index in [1.165, 1.54) is 6.54 Å². The van der Waals surface area contributed by atoms with Crippen molar-refractivity contribution in [1.29, 1.82) is 0 Å². The van der Waals surface area contributed by atoms with Gasteiger partial charge in [-0.05, 0) is 6.42 Å². The Morgan fingerprint density at radius 3 is 2.33 bits per heavy atom. The summed E-state index contributed by atoms with van der Waals surface area (Å²) in [5.41, 5.74) is 4.35. The molecule has 0 spiro atoms. The number of hydrogen-bond acceptors (Lipinski definition) is 2. The van der Waals surface area contributed by atoms with E-state index in [0.717, 1.165) is 0 Å². The molecule has 53 valence electrons. The number of hydrazine groups is 1. The first-order valence-electron chi connectivity index (χ1n) is 2.50. The van der Waals surface area contributed by atoms with Crippen LogP contribution in [0.25, 0.3) is 0 Å². The zero-order chi connectivity index (χ0) is 6.91. The van der Waals surface area contributed by atoms with E-state index < -0.39 is 12.2 Å². The minimum atomic E-state index is -4.12. The van der Waals surface area contributed by atoms with Crippen molar-refractivity contribution in [2.24, 2.45) is 0 Å². The Labute approximate surface area is 50.4 Å². The van der Waals surface area contributed by atoms with Gasteiger partial charge >= 0.3 is 6.18 Å². The molecule has 0 saturated carbocycles. The fourth-order valence-electron chi connectivity index (χ4n) is 0.611. The first-order chi connectivity index (χ1) is 4.11. The SMILES string of the molecule is FC(F)(F)C1C[CH]NN1. The lowest BCUT2D eigenvalue weighted by Crippen LogP contribution is -2.40. The molecule has 1 aliphatic heterocycles. The Balaban J connectivity index is 2.42. The van der Waals surface area contributed by atoms with Gasteiger partial charge in [0.1, 0.15) is 6.04 Å². The van der Waals surface area contributed by atoms with Gasteiger partial charge in [0.25, 0.3) is 0 Å². The van der Waals surface area contributed by atoms with Crippen LogP contribution in [0.5, 0.6) is 0 Å². The summed E-state index contributed by atoms with van der Waals surface area (Å²) in [5, 5.41) is 0. The molecule has 0 aromatic rings. The van der Waals surface area contributed by atoms with Gasteiger partial charge in [-0.3, -0.25) is 5.43 Å². The third-order valence-corrected chi connectivity index (χ3v) is 1.11. The topological polar surface area (TPSA) is 24.1 Å². The summed E-state index contributed by atoms with van der Waals surface area (Å²) in [6.45, 7) is 1.35. The third kappa shape index (κ3) is 1.56. The van der Waals surface area contributed by atoms with Gasteiger partial charge in [0.15, 0.2) is 0 Å². The average Bonchev–Trinajstić information content (AvgIpc) is 2.08. The van der Waals surface area contributed by atoms with Crippen LogP contribution in [-0.4, -0.2) is 12.2 Å². The average molecular weight is 139 g/mol. The highest BCUT2D eigenvalue weighted by Crippen LogP contribution is 2.24. The highest BCUT2D eigenvalue weighted by Gasteiger charge is 2.41. The van der Waals surface area contributed by atoms with Crippen LogP contribution < -0.4 is 10.9 Å². The quantitative estimate of drug-likeness (QED) is 0.513. The Morgan fingerprint density at radius 2 is 2.11 bits per heavy atom. The molecular weight excluding hydrogens is 133 g/mol. The molecule has 1 fully saturated rings. The minimum absolute atomic E-state index is 0.00347. The summed E-state index contributed by atoms with van der Waals surface area (Å²) >= 11 is 0. The lowest BCUT2D eigenvalue weighted by molar-refractivity contribution is -0.152. The van der Waals surface area contributed by atoms with Crippen LogP contribution in [0, 0.1) is 6.54 Å². The van der Waals surface area contributed by atoms with Gasteiger partial charge in [-0.1, -0.05) is 0 Å². The molecule has 1 aliphatic rings. The maximum absolute atomic E-state index is 11.6. The number of nitrogens with one attached hydrogen (secondary N) is 2. The van der Waals surface area contributed by atoms with E-state index in [1.807, 2.05) is 0 Å². The Hall–Kier alpha value is -0.290. The van der Waals surface area contributed by atoms with E-state index in [9.17, 15) is 13.2 Å². The van der Waals surface area contributed by atoms with E-state index in [2.05, 4.69) is 10.9 Å². The molecule has 5 heteroatoms. The van der Waals surface area contributed by atoms with Crippen LogP contribution in [0.3, 0.4) is 0 Å². The highest BCUT2D eigenvalue weighted by molar-refractivity contribution is 4.84. The molecule has 1 heterocycles. The fourth-order valence-corrected chi connectivity index (χ4v) is 0.611. The van der Waals surface area contributed by atoms with Gasteiger partial charge in [-0.2, -0.15) is 13.2 Å². The molecule has 0 aromatic heterocycles. The van der Waals surface area contributed by atoms with Crippen LogP contribution in [0.1, 0.15) is 6.42 Å². The molecule has 1 unspecified atom stereocenters. The monoisotopic (exact) mass is 139 g/mol. The van der Waals surface area contributed by atoms with Crippen molar-refractivity contribution in [2.45, 2.75) is 18.6 Å². The fraction of sp³-hybridized carbons (Fsp3) is 0.750. The number of alkyl halides is 3. The normalized spacial score (nSPS) is 29.0. The second-order valence-electron chi connectivity index (χ2n) is 1.82. The molecule has 1 saturated heterocycles. The van der Waals surface area contributed by atoms with Crippen molar-refractivity contribution in [3.05, 3.63) is 6.54 Å². The Kier molecular flexibility index (Phi) is 1.63. The van der Waals surface area contributed by atoms with E-state index in [-0.39, 0.29) is 6.42 Å². The lowest BCUT2D eigenvalue weighted by Gasteiger charge is -2.12. The van der Waals surface area contributed by atoms with E-state index in [1.54, 1.807) is 0 Å². The summed E-state index contributed by atoms with van der Waals surface area (Å²) in [7, 11) is 0. The van der Waals surface area contributed by atoms with E-state index >= 15 is 0 Å². The molecule has 1 rings (SSSR count). The Morgan fingerprint density at radius 1 is 1.44 bits per heavy atom. The summed E-state index contributed by atoms with van der Waals surface area (Å²) in [6.07, 6.45) is -4.12. The van der Waals surface area contributed by atoms with E-state index in [4.69, 9.17) is 0 Å². The molecule has 0 amide bonds. The number of hydrogen-bond donors (Lipinski definition) is 2. The second-order valence-corrected chi connectivity index (χ2v) is 1.82. The van der Waals surface area contributed by atoms with Crippen molar-refractivity contribution in [2.75, 3.05) is 0 Å². The van der Waals surface area contributed by atoms with Crippen LogP contribution in [0.15, 0.2) is 0 Å². The number of halogens is 3. The first kappa shape index (κ1) is 6.82. The molecular formula is C4H6F3N2. The predicted molar refractivity (Wildman–Crippen MR) is 25.0 cm³/mol. The Bertz CT molecular complexity index is 94.5. The van der Waals surface area contributed by atoms with Gasteiger partial charge in [0, 0.05) is 6.54 Å².